The van der Waals surface area contributed by atoms with Gasteiger partial charge in [-0.05, 0) is 17.7 Å². The van der Waals surface area contributed by atoms with Crippen molar-refractivity contribution in [1.82, 2.24) is 10.6 Å². The molecular formula is C11H13BrCl2N2OS. The van der Waals surface area contributed by atoms with E-state index in [1.54, 1.807) is 11.8 Å². The van der Waals surface area contributed by atoms with Crippen molar-refractivity contribution in [2.45, 2.75) is 12.6 Å². The second kappa shape index (κ2) is 7.60. The van der Waals surface area contributed by atoms with Crippen LogP contribution in [0, 0.1) is 0 Å². The summed E-state index contributed by atoms with van der Waals surface area (Å²) >= 11 is 11.2. The van der Waals surface area contributed by atoms with Crippen LogP contribution in [-0.2, 0) is 11.3 Å². The zero-order chi connectivity index (χ0) is 12.3. The van der Waals surface area contributed by atoms with Crippen molar-refractivity contribution in [2.75, 3.05) is 11.6 Å². The van der Waals surface area contributed by atoms with Gasteiger partial charge in [0, 0.05) is 27.7 Å². The molecule has 1 aliphatic rings. The maximum atomic E-state index is 11.8. The van der Waals surface area contributed by atoms with Gasteiger partial charge in [-0.2, -0.15) is 0 Å². The molecule has 0 spiro atoms. The number of halogens is 3. The van der Waals surface area contributed by atoms with Crippen LogP contribution >= 0.6 is 51.7 Å². The third-order valence-corrected chi connectivity index (χ3v) is 4.29. The molecule has 18 heavy (non-hydrogen) atoms. The van der Waals surface area contributed by atoms with Gasteiger partial charge in [0.05, 0.1) is 6.04 Å². The topological polar surface area (TPSA) is 41.1 Å². The number of carbonyl (C=O) groups excluding carboxylic acids is 1. The Bertz CT molecular complexity index is 428. The van der Waals surface area contributed by atoms with Gasteiger partial charge in [-0.3, -0.25) is 10.1 Å². The lowest BCUT2D eigenvalue weighted by atomic mass is 10.2. The van der Waals surface area contributed by atoms with Crippen LogP contribution in [0.25, 0.3) is 0 Å². The van der Waals surface area contributed by atoms with Gasteiger partial charge < -0.3 is 5.32 Å². The summed E-state index contributed by atoms with van der Waals surface area (Å²) < 4.78 is 0.937. The first-order valence-electron chi connectivity index (χ1n) is 5.19. The Labute approximate surface area is 130 Å². The molecule has 0 radical (unpaired) electrons. The largest absolute Gasteiger partial charge is 0.351 e. The molecule has 3 nitrogen and oxygen atoms in total. The van der Waals surface area contributed by atoms with E-state index in [2.05, 4.69) is 26.6 Å². The van der Waals surface area contributed by atoms with Crippen molar-refractivity contribution >= 4 is 57.6 Å². The van der Waals surface area contributed by atoms with Crippen LogP contribution in [0.4, 0.5) is 0 Å². The summed E-state index contributed by atoms with van der Waals surface area (Å²) in [6.45, 7) is 0.466. The Morgan fingerprint density at radius 2 is 2.39 bits per heavy atom. The molecule has 0 bridgehead atoms. The van der Waals surface area contributed by atoms with E-state index >= 15 is 0 Å². The molecule has 1 heterocycles. The normalized spacial score (nSPS) is 18.2. The fraction of sp³-hybridized carbons (Fsp3) is 0.364. The van der Waals surface area contributed by atoms with Crippen molar-refractivity contribution in [1.29, 1.82) is 0 Å². The highest BCUT2D eigenvalue weighted by Crippen LogP contribution is 2.21. The average Bonchev–Trinajstić information content (AvgIpc) is 2.81. The van der Waals surface area contributed by atoms with E-state index in [0.717, 1.165) is 21.7 Å². The third kappa shape index (κ3) is 4.31. The highest BCUT2D eigenvalue weighted by atomic mass is 79.9. The van der Waals surface area contributed by atoms with Crippen molar-refractivity contribution in [3.63, 3.8) is 0 Å². The van der Waals surface area contributed by atoms with Gasteiger partial charge in [0.15, 0.2) is 0 Å². The van der Waals surface area contributed by atoms with Gasteiger partial charge in [0.2, 0.25) is 5.91 Å². The van der Waals surface area contributed by atoms with E-state index in [-0.39, 0.29) is 24.4 Å². The first-order valence-corrected chi connectivity index (χ1v) is 7.52. The van der Waals surface area contributed by atoms with Crippen LogP contribution < -0.4 is 10.6 Å². The third-order valence-electron chi connectivity index (χ3n) is 2.50. The number of nitrogens with one attached hydrogen (secondary N) is 2. The summed E-state index contributed by atoms with van der Waals surface area (Å²) in [7, 11) is 0. The van der Waals surface area contributed by atoms with Crippen LogP contribution in [0.15, 0.2) is 22.7 Å². The summed E-state index contributed by atoms with van der Waals surface area (Å²) in [4.78, 5) is 11.8. The predicted octanol–water partition coefficient (Wildman–Crippen LogP) is 2.80. The number of carbonyl (C=O) groups is 1. The Balaban J connectivity index is 0.00000162. The lowest BCUT2D eigenvalue weighted by Gasteiger charge is -2.11. The molecule has 1 aromatic rings. The van der Waals surface area contributed by atoms with Gasteiger partial charge in [0.25, 0.3) is 0 Å². The molecule has 2 N–H and O–H groups in total. The maximum Gasteiger partial charge on any atom is 0.238 e. The van der Waals surface area contributed by atoms with Crippen molar-refractivity contribution in [2.24, 2.45) is 0 Å². The van der Waals surface area contributed by atoms with Crippen molar-refractivity contribution in [3.8, 4) is 0 Å². The van der Waals surface area contributed by atoms with Crippen LogP contribution in [-0.4, -0.2) is 23.6 Å². The van der Waals surface area contributed by atoms with Gasteiger partial charge in [0.1, 0.15) is 0 Å². The Kier molecular flexibility index (Phi) is 6.81. The number of hydrogen-bond donors (Lipinski definition) is 2. The Morgan fingerprint density at radius 1 is 1.61 bits per heavy atom. The Morgan fingerprint density at radius 3 is 3.00 bits per heavy atom. The van der Waals surface area contributed by atoms with Crippen LogP contribution in [0.5, 0.6) is 0 Å². The predicted molar refractivity (Wildman–Crippen MR) is 82.5 cm³/mol. The average molecular weight is 372 g/mol. The minimum atomic E-state index is -0.0748. The van der Waals surface area contributed by atoms with Crippen molar-refractivity contribution in [3.05, 3.63) is 33.3 Å². The molecule has 1 aromatic carbocycles. The number of benzene rings is 1. The van der Waals surface area contributed by atoms with E-state index in [4.69, 9.17) is 11.6 Å². The number of hydrogen-bond acceptors (Lipinski definition) is 3. The van der Waals surface area contributed by atoms with E-state index in [1.807, 2.05) is 18.2 Å². The van der Waals surface area contributed by atoms with Gasteiger partial charge >= 0.3 is 0 Å². The minimum absolute atomic E-state index is 0. The SMILES string of the molecule is Cl.O=C(NCc1ccc(Br)cc1Cl)C1CSCN1. The highest BCUT2D eigenvalue weighted by molar-refractivity contribution is 9.10. The zero-order valence-electron chi connectivity index (χ0n) is 9.41. The van der Waals surface area contributed by atoms with Crippen LogP contribution in [0.2, 0.25) is 5.02 Å². The molecule has 1 saturated heterocycles. The standard InChI is InChI=1S/C11H12BrClN2OS.ClH/c12-8-2-1-7(9(13)3-8)4-14-11(16)10-5-17-6-15-10;/h1-3,10,15H,4-6H2,(H,14,16);1H. The lowest BCUT2D eigenvalue weighted by molar-refractivity contribution is -0.122. The van der Waals surface area contributed by atoms with E-state index in [1.165, 1.54) is 0 Å². The molecule has 0 aliphatic carbocycles. The fourth-order valence-electron chi connectivity index (χ4n) is 1.53. The molecular weight excluding hydrogens is 359 g/mol. The first kappa shape index (κ1) is 16.1. The number of rotatable bonds is 3. The summed E-state index contributed by atoms with van der Waals surface area (Å²) in [5.74, 6) is 1.71. The van der Waals surface area contributed by atoms with Crippen LogP contribution in [0.1, 0.15) is 5.56 Å². The second-order valence-electron chi connectivity index (χ2n) is 3.73. The van der Waals surface area contributed by atoms with Gasteiger partial charge in [-0.25, -0.2) is 0 Å². The molecule has 0 saturated carbocycles. The molecule has 7 heteroatoms. The molecule has 1 atom stereocenters. The molecule has 100 valence electrons. The molecule has 1 amide bonds. The Hall–Kier alpha value is 0.0600. The van der Waals surface area contributed by atoms with E-state index in [0.29, 0.717) is 11.6 Å². The van der Waals surface area contributed by atoms with Crippen LogP contribution in [0.3, 0.4) is 0 Å². The quantitative estimate of drug-likeness (QED) is 0.858. The molecule has 2 rings (SSSR count). The summed E-state index contributed by atoms with van der Waals surface area (Å²) in [6.07, 6.45) is 0. The van der Waals surface area contributed by atoms with Crippen molar-refractivity contribution < 1.29 is 4.79 Å². The van der Waals surface area contributed by atoms with E-state index in [9.17, 15) is 4.79 Å². The molecule has 1 unspecified atom stereocenters. The summed E-state index contributed by atoms with van der Waals surface area (Å²) in [6, 6.07) is 5.57. The van der Waals surface area contributed by atoms with Gasteiger partial charge in [-0.15, -0.1) is 24.2 Å². The fourth-order valence-corrected chi connectivity index (χ4v) is 3.22. The number of amides is 1. The number of thioether (sulfide) groups is 1. The summed E-state index contributed by atoms with van der Waals surface area (Å²) in [5.41, 5.74) is 0.925. The zero-order valence-corrected chi connectivity index (χ0v) is 13.4. The maximum absolute atomic E-state index is 11.8. The highest BCUT2D eigenvalue weighted by Gasteiger charge is 2.21. The first-order chi connectivity index (χ1) is 8.16. The smallest absolute Gasteiger partial charge is 0.238 e. The minimum Gasteiger partial charge on any atom is -0.351 e. The summed E-state index contributed by atoms with van der Waals surface area (Å²) in [5, 5.41) is 6.67. The van der Waals surface area contributed by atoms with Gasteiger partial charge in [-0.1, -0.05) is 33.6 Å². The lowest BCUT2D eigenvalue weighted by Crippen LogP contribution is -2.41. The molecule has 1 fully saturated rings. The molecule has 1 aliphatic heterocycles. The van der Waals surface area contributed by atoms with E-state index < -0.39 is 0 Å². The molecule has 0 aromatic heterocycles. The monoisotopic (exact) mass is 370 g/mol. The second-order valence-corrected chi connectivity index (χ2v) is 6.08.